The fourth-order valence-corrected chi connectivity index (χ4v) is 4.19. The zero-order valence-corrected chi connectivity index (χ0v) is 22.7. The van der Waals surface area contributed by atoms with Crippen LogP contribution in [0.3, 0.4) is 0 Å². The van der Waals surface area contributed by atoms with Crippen LogP contribution in [0.5, 0.6) is 5.75 Å². The average Bonchev–Trinajstić information content (AvgIpc) is 2.88. The molecule has 10 heteroatoms. The maximum atomic E-state index is 12.9. The minimum Gasteiger partial charge on any atom is -0.508 e. The van der Waals surface area contributed by atoms with Crippen LogP contribution < -0.4 is 16.4 Å². The number of carbonyl (C=O) groups excluding carboxylic acids is 2. The molecule has 0 aliphatic carbocycles. The molecule has 0 aromatic heterocycles. The number of amides is 2. The predicted molar refractivity (Wildman–Crippen MR) is 151 cm³/mol. The lowest BCUT2D eigenvalue weighted by Crippen LogP contribution is -2.28. The number of benzene rings is 3. The van der Waals surface area contributed by atoms with Crippen LogP contribution in [0.4, 0.5) is 21.9 Å². The van der Waals surface area contributed by atoms with Gasteiger partial charge in [0.05, 0.1) is 11.4 Å². The minimum atomic E-state index is -1.08. The molecule has 2 atom stereocenters. The molecule has 2 amide bonds. The Morgan fingerprint density at radius 2 is 1.84 bits per heavy atom. The van der Waals surface area contributed by atoms with Gasteiger partial charge in [-0.2, -0.15) is 0 Å². The number of ether oxygens (including phenoxy) is 2. The Hall–Kier alpha value is -3.47. The second kappa shape index (κ2) is 13.7. The molecule has 3 aromatic carbocycles. The Bertz CT molecular complexity index is 1250. The molecule has 194 valence electrons. The molecule has 0 heterocycles. The number of anilines is 3. The number of hydrogen-bond acceptors (Lipinski definition) is 7. The van der Waals surface area contributed by atoms with Crippen molar-refractivity contribution in [2.24, 2.45) is 0 Å². The molecule has 0 saturated carbocycles. The second-order valence-corrected chi connectivity index (χ2v) is 9.53. The SMILES string of the molecule is CCO[C@@H](/C=C/C(=O)Nc1ccccc1N)[C@@H](OC(=O)Nc1ccc(SC)cc1)c1cc(Br)ccc1O. The number of aromatic hydroxyl groups is 1. The number of nitrogen functional groups attached to an aromatic ring is 1. The van der Waals surface area contributed by atoms with Crippen molar-refractivity contribution in [3.05, 3.63) is 88.9 Å². The van der Waals surface area contributed by atoms with Crippen LogP contribution in [0, 0.1) is 0 Å². The van der Waals surface area contributed by atoms with Crippen molar-refractivity contribution in [3.63, 3.8) is 0 Å². The van der Waals surface area contributed by atoms with E-state index in [4.69, 9.17) is 15.2 Å². The first-order valence-corrected chi connectivity index (χ1v) is 13.4. The molecule has 37 heavy (non-hydrogen) atoms. The molecule has 0 aliphatic rings. The molecule has 0 aliphatic heterocycles. The third-order valence-electron chi connectivity index (χ3n) is 5.18. The monoisotopic (exact) mass is 585 g/mol. The lowest BCUT2D eigenvalue weighted by Gasteiger charge is -2.26. The van der Waals surface area contributed by atoms with Gasteiger partial charge in [-0.05, 0) is 73.9 Å². The van der Waals surface area contributed by atoms with Gasteiger partial charge in [-0.3, -0.25) is 10.1 Å². The molecular formula is C27H28BrN3O5S. The summed E-state index contributed by atoms with van der Waals surface area (Å²) in [6, 6.07) is 18.9. The Morgan fingerprint density at radius 3 is 2.51 bits per heavy atom. The van der Waals surface area contributed by atoms with Gasteiger partial charge < -0.3 is 25.6 Å². The summed E-state index contributed by atoms with van der Waals surface area (Å²) >= 11 is 4.97. The van der Waals surface area contributed by atoms with E-state index in [0.29, 0.717) is 27.1 Å². The second-order valence-electron chi connectivity index (χ2n) is 7.74. The zero-order valence-electron chi connectivity index (χ0n) is 20.3. The Morgan fingerprint density at radius 1 is 1.11 bits per heavy atom. The van der Waals surface area contributed by atoms with Crippen LogP contribution >= 0.6 is 27.7 Å². The largest absolute Gasteiger partial charge is 0.508 e. The average molecular weight is 587 g/mol. The predicted octanol–water partition coefficient (Wildman–Crippen LogP) is 6.35. The van der Waals surface area contributed by atoms with Crippen molar-refractivity contribution in [1.82, 2.24) is 0 Å². The molecule has 0 saturated heterocycles. The number of nitrogens with two attached hydrogens (primary N) is 1. The van der Waals surface area contributed by atoms with E-state index in [0.717, 1.165) is 4.90 Å². The molecule has 0 radical (unpaired) electrons. The topological polar surface area (TPSA) is 123 Å². The van der Waals surface area contributed by atoms with Crippen molar-refractivity contribution >= 4 is 56.8 Å². The Labute approximate surface area is 228 Å². The van der Waals surface area contributed by atoms with Crippen LogP contribution in [0.2, 0.25) is 0 Å². The number of phenols is 1. The fraction of sp³-hybridized carbons (Fsp3) is 0.185. The van der Waals surface area contributed by atoms with Gasteiger partial charge in [0.15, 0.2) is 6.10 Å². The zero-order chi connectivity index (χ0) is 26.8. The molecule has 0 bridgehead atoms. The van der Waals surface area contributed by atoms with E-state index < -0.39 is 24.2 Å². The molecule has 0 spiro atoms. The van der Waals surface area contributed by atoms with E-state index in [1.807, 2.05) is 18.4 Å². The number of thioether (sulfide) groups is 1. The van der Waals surface area contributed by atoms with Crippen LogP contribution in [0.1, 0.15) is 18.6 Å². The lowest BCUT2D eigenvalue weighted by molar-refractivity contribution is -0.112. The van der Waals surface area contributed by atoms with Crippen molar-refractivity contribution in [2.45, 2.75) is 24.0 Å². The minimum absolute atomic E-state index is 0.0927. The van der Waals surface area contributed by atoms with Crippen molar-refractivity contribution in [3.8, 4) is 5.75 Å². The Kier molecular flexibility index (Phi) is 10.4. The van der Waals surface area contributed by atoms with Crippen molar-refractivity contribution < 1.29 is 24.2 Å². The number of rotatable bonds is 10. The van der Waals surface area contributed by atoms with Crippen LogP contribution in [-0.2, 0) is 14.3 Å². The standard InChI is InChI=1S/C27H28BrN3O5S/c1-3-35-24(14-15-25(33)31-22-7-5-4-6-21(22)29)26(20-16-17(28)8-13-23(20)32)36-27(34)30-18-9-11-19(37-2)12-10-18/h4-16,24,26,32H,3,29H2,1-2H3,(H,30,34)(H,31,33)/b15-14+/t24-,26-/m0/s1. The van der Waals surface area contributed by atoms with E-state index >= 15 is 0 Å². The van der Waals surface area contributed by atoms with Gasteiger partial charge >= 0.3 is 6.09 Å². The summed E-state index contributed by atoms with van der Waals surface area (Å²) in [5.74, 6) is -0.539. The van der Waals surface area contributed by atoms with Crippen molar-refractivity contribution in [1.29, 1.82) is 0 Å². The van der Waals surface area contributed by atoms with E-state index in [2.05, 4.69) is 26.6 Å². The first-order valence-electron chi connectivity index (χ1n) is 11.4. The first kappa shape index (κ1) is 28.1. The molecule has 0 unspecified atom stereocenters. The quantitative estimate of drug-likeness (QED) is 0.124. The molecule has 0 fully saturated rings. The summed E-state index contributed by atoms with van der Waals surface area (Å²) in [6.07, 6.45) is 1.99. The third-order valence-corrected chi connectivity index (χ3v) is 6.42. The highest BCUT2D eigenvalue weighted by Crippen LogP contribution is 2.34. The van der Waals surface area contributed by atoms with Gasteiger partial charge in [-0.15, -0.1) is 11.8 Å². The summed E-state index contributed by atoms with van der Waals surface area (Å²) in [5, 5.41) is 16.0. The van der Waals surface area contributed by atoms with Crippen LogP contribution in [0.25, 0.3) is 0 Å². The molecule has 5 N–H and O–H groups in total. The molecule has 3 aromatic rings. The van der Waals surface area contributed by atoms with Gasteiger partial charge in [0.2, 0.25) is 5.91 Å². The van der Waals surface area contributed by atoms with Crippen LogP contribution in [0.15, 0.2) is 88.3 Å². The van der Waals surface area contributed by atoms with E-state index in [9.17, 15) is 14.7 Å². The van der Waals surface area contributed by atoms with Gasteiger partial charge in [-0.1, -0.05) is 28.1 Å². The number of carbonyl (C=O) groups is 2. The number of para-hydroxylation sites is 2. The van der Waals surface area contributed by atoms with Crippen LogP contribution in [-0.4, -0.2) is 36.1 Å². The maximum Gasteiger partial charge on any atom is 0.412 e. The van der Waals surface area contributed by atoms with Gasteiger partial charge in [0.25, 0.3) is 0 Å². The smallest absolute Gasteiger partial charge is 0.412 e. The highest BCUT2D eigenvalue weighted by Gasteiger charge is 2.29. The molecular weight excluding hydrogens is 558 g/mol. The first-order chi connectivity index (χ1) is 17.8. The van der Waals surface area contributed by atoms with Gasteiger partial charge in [0.1, 0.15) is 11.9 Å². The van der Waals surface area contributed by atoms with E-state index in [1.165, 1.54) is 18.2 Å². The van der Waals surface area contributed by atoms with Gasteiger partial charge in [0, 0.05) is 33.3 Å². The number of hydrogen-bond donors (Lipinski definition) is 4. The van der Waals surface area contributed by atoms with Gasteiger partial charge in [-0.25, -0.2) is 4.79 Å². The maximum absolute atomic E-state index is 12.9. The van der Waals surface area contributed by atoms with E-state index in [-0.39, 0.29) is 12.4 Å². The normalized spacial score (nSPS) is 12.6. The lowest BCUT2D eigenvalue weighted by atomic mass is 10.0. The highest BCUT2D eigenvalue weighted by atomic mass is 79.9. The van der Waals surface area contributed by atoms with E-state index in [1.54, 1.807) is 67.2 Å². The highest BCUT2D eigenvalue weighted by molar-refractivity contribution is 9.10. The number of phenolic OH excluding ortho intramolecular Hbond substituents is 1. The van der Waals surface area contributed by atoms with Crippen molar-refractivity contribution in [2.75, 3.05) is 29.2 Å². The summed E-state index contributed by atoms with van der Waals surface area (Å²) < 4.78 is 12.3. The summed E-state index contributed by atoms with van der Waals surface area (Å²) in [4.78, 5) is 26.5. The Balaban J connectivity index is 1.85. The number of halogens is 1. The summed E-state index contributed by atoms with van der Waals surface area (Å²) in [7, 11) is 0. The number of nitrogens with one attached hydrogen (secondary N) is 2. The summed E-state index contributed by atoms with van der Waals surface area (Å²) in [6.45, 7) is 2.03. The fourth-order valence-electron chi connectivity index (χ4n) is 3.40. The third kappa shape index (κ3) is 8.28. The molecule has 3 rings (SSSR count). The molecule has 8 nitrogen and oxygen atoms in total. The summed E-state index contributed by atoms with van der Waals surface area (Å²) in [5.41, 5.74) is 7.64.